The molecule has 1 aromatic carbocycles. The Morgan fingerprint density at radius 1 is 1.32 bits per heavy atom. The maximum absolute atomic E-state index is 13.1. The van der Waals surface area contributed by atoms with Gasteiger partial charge in [0.1, 0.15) is 0 Å². The van der Waals surface area contributed by atoms with Crippen LogP contribution in [0.3, 0.4) is 0 Å². The van der Waals surface area contributed by atoms with Crippen molar-refractivity contribution in [2.45, 2.75) is 45.3 Å². The molecule has 1 amide bonds. The van der Waals surface area contributed by atoms with Gasteiger partial charge >= 0.3 is 6.18 Å². The Labute approximate surface area is 144 Å². The van der Waals surface area contributed by atoms with Crippen molar-refractivity contribution in [3.05, 3.63) is 52.3 Å². The highest BCUT2D eigenvalue weighted by Gasteiger charge is 2.42. The van der Waals surface area contributed by atoms with Crippen molar-refractivity contribution in [2.75, 3.05) is 6.54 Å². The van der Waals surface area contributed by atoms with Crippen LogP contribution in [0.1, 0.15) is 72.0 Å². The number of carbonyl (C=O) groups excluding carboxylic acids is 1. The van der Waals surface area contributed by atoms with E-state index in [1.54, 1.807) is 11.0 Å². The number of hydrogen-bond acceptors (Lipinski definition) is 2. The summed E-state index contributed by atoms with van der Waals surface area (Å²) in [5.41, 5.74) is 1.56. The Balaban J connectivity index is 2.16. The van der Waals surface area contributed by atoms with E-state index in [0.29, 0.717) is 29.8 Å². The van der Waals surface area contributed by atoms with Gasteiger partial charge in [-0.2, -0.15) is 18.3 Å². The second-order valence-corrected chi connectivity index (χ2v) is 6.58. The number of nitrogens with zero attached hydrogens (tertiary/aromatic N) is 2. The highest BCUT2D eigenvalue weighted by Crippen LogP contribution is 2.42. The first-order chi connectivity index (χ1) is 11.8. The predicted octanol–water partition coefficient (Wildman–Crippen LogP) is 4.51. The van der Waals surface area contributed by atoms with Crippen LogP contribution < -0.4 is 0 Å². The Kier molecular flexibility index (Phi) is 4.34. The molecule has 1 aliphatic rings. The minimum absolute atomic E-state index is 0.0823. The fourth-order valence-corrected chi connectivity index (χ4v) is 3.36. The molecule has 7 heteroatoms. The van der Waals surface area contributed by atoms with E-state index < -0.39 is 17.8 Å². The molecule has 134 valence electrons. The number of carbonyl (C=O) groups is 1. The zero-order valence-electron chi connectivity index (χ0n) is 14.3. The molecule has 0 saturated heterocycles. The smallest absolute Gasteiger partial charge is 0.326 e. The molecule has 1 aromatic heterocycles. The van der Waals surface area contributed by atoms with E-state index in [1.165, 1.54) is 6.07 Å². The normalized spacial score (nSPS) is 17.5. The van der Waals surface area contributed by atoms with Gasteiger partial charge in [0.2, 0.25) is 0 Å². The van der Waals surface area contributed by atoms with E-state index in [4.69, 9.17) is 0 Å². The van der Waals surface area contributed by atoms with Crippen LogP contribution in [-0.2, 0) is 6.18 Å². The lowest BCUT2D eigenvalue weighted by atomic mass is 9.94. The lowest BCUT2D eigenvalue weighted by Gasteiger charge is -2.27. The Morgan fingerprint density at radius 2 is 2.04 bits per heavy atom. The summed E-state index contributed by atoms with van der Waals surface area (Å²) in [7, 11) is 0. The Morgan fingerprint density at radius 3 is 2.64 bits per heavy atom. The average molecular weight is 351 g/mol. The second kappa shape index (κ2) is 6.20. The summed E-state index contributed by atoms with van der Waals surface area (Å²) in [4.78, 5) is 14.3. The van der Waals surface area contributed by atoms with Crippen molar-refractivity contribution >= 4 is 5.91 Å². The standard InChI is InChI=1S/C18H20F3N3O/c1-4-8-24-16(11-6-5-7-12(9-11)18(19,20)21)13-14(10(2)3)22-23-15(13)17(24)25/h5-7,9-10,16H,4,8H2,1-3H3,(H,22,23). The van der Waals surface area contributed by atoms with Crippen LogP contribution in [0, 0.1) is 0 Å². The average Bonchev–Trinajstić information content (AvgIpc) is 3.08. The van der Waals surface area contributed by atoms with Crippen molar-refractivity contribution in [1.29, 1.82) is 0 Å². The molecular weight excluding hydrogens is 331 g/mol. The third kappa shape index (κ3) is 2.92. The second-order valence-electron chi connectivity index (χ2n) is 6.58. The van der Waals surface area contributed by atoms with Crippen LogP contribution in [0.25, 0.3) is 0 Å². The maximum atomic E-state index is 13.1. The molecule has 0 fully saturated rings. The third-order valence-corrected chi connectivity index (χ3v) is 4.45. The molecule has 25 heavy (non-hydrogen) atoms. The van der Waals surface area contributed by atoms with Gasteiger partial charge in [0.25, 0.3) is 5.91 Å². The molecule has 0 saturated carbocycles. The number of nitrogens with one attached hydrogen (secondary N) is 1. The number of aromatic nitrogens is 2. The van der Waals surface area contributed by atoms with Crippen molar-refractivity contribution in [2.24, 2.45) is 0 Å². The molecule has 4 nitrogen and oxygen atoms in total. The van der Waals surface area contributed by atoms with Gasteiger partial charge < -0.3 is 4.90 Å². The molecule has 0 aliphatic carbocycles. The van der Waals surface area contributed by atoms with Gasteiger partial charge in [-0.3, -0.25) is 9.89 Å². The fourth-order valence-electron chi connectivity index (χ4n) is 3.36. The molecular formula is C18H20F3N3O. The fraction of sp³-hybridized carbons (Fsp3) is 0.444. The van der Waals surface area contributed by atoms with Crippen LogP contribution in [0.4, 0.5) is 13.2 Å². The number of amides is 1. The molecule has 0 radical (unpaired) electrons. The highest BCUT2D eigenvalue weighted by molar-refractivity contribution is 5.98. The SMILES string of the molecule is CCCN1C(=O)c2n[nH]c(C(C)C)c2C1c1cccc(C(F)(F)F)c1. The van der Waals surface area contributed by atoms with Crippen LogP contribution in [0.2, 0.25) is 0 Å². The van der Waals surface area contributed by atoms with E-state index in [0.717, 1.165) is 17.8 Å². The van der Waals surface area contributed by atoms with Crippen LogP contribution in [0.5, 0.6) is 0 Å². The van der Waals surface area contributed by atoms with Gasteiger partial charge in [-0.1, -0.05) is 32.9 Å². The van der Waals surface area contributed by atoms with E-state index in [-0.39, 0.29) is 11.8 Å². The monoisotopic (exact) mass is 351 g/mol. The minimum atomic E-state index is -4.42. The molecule has 1 aliphatic heterocycles. The maximum Gasteiger partial charge on any atom is 0.416 e. The summed E-state index contributed by atoms with van der Waals surface area (Å²) >= 11 is 0. The predicted molar refractivity (Wildman–Crippen MR) is 87.3 cm³/mol. The van der Waals surface area contributed by atoms with Crippen molar-refractivity contribution in [1.82, 2.24) is 15.1 Å². The lowest BCUT2D eigenvalue weighted by molar-refractivity contribution is -0.137. The van der Waals surface area contributed by atoms with Gasteiger partial charge in [0, 0.05) is 17.8 Å². The Bertz CT molecular complexity index is 795. The number of hydrogen-bond donors (Lipinski definition) is 1. The van der Waals surface area contributed by atoms with E-state index in [2.05, 4.69) is 10.2 Å². The van der Waals surface area contributed by atoms with Crippen LogP contribution in [-0.4, -0.2) is 27.5 Å². The summed E-state index contributed by atoms with van der Waals surface area (Å²) in [6, 6.07) is 4.67. The minimum Gasteiger partial charge on any atom is -0.326 e. The number of benzene rings is 1. The number of fused-ring (bicyclic) bond motifs is 1. The van der Waals surface area contributed by atoms with Gasteiger partial charge in [-0.15, -0.1) is 0 Å². The molecule has 2 aromatic rings. The molecule has 3 rings (SSSR count). The van der Waals surface area contributed by atoms with E-state index in [1.807, 2.05) is 20.8 Å². The van der Waals surface area contributed by atoms with E-state index >= 15 is 0 Å². The summed E-state index contributed by atoms with van der Waals surface area (Å²) < 4.78 is 39.4. The number of alkyl halides is 3. The highest BCUT2D eigenvalue weighted by atomic mass is 19.4. The first kappa shape index (κ1) is 17.5. The molecule has 0 bridgehead atoms. The zero-order chi connectivity index (χ0) is 18.4. The molecule has 0 spiro atoms. The Hall–Kier alpha value is -2.31. The largest absolute Gasteiger partial charge is 0.416 e. The molecule has 1 unspecified atom stereocenters. The molecule has 1 atom stereocenters. The number of rotatable bonds is 4. The van der Waals surface area contributed by atoms with E-state index in [9.17, 15) is 18.0 Å². The summed E-state index contributed by atoms with van der Waals surface area (Å²) in [5.74, 6) is -0.152. The van der Waals surface area contributed by atoms with Crippen molar-refractivity contribution in [3.8, 4) is 0 Å². The van der Waals surface area contributed by atoms with Crippen LogP contribution >= 0.6 is 0 Å². The van der Waals surface area contributed by atoms with Gasteiger partial charge in [0.05, 0.1) is 11.6 Å². The summed E-state index contributed by atoms with van der Waals surface area (Å²) in [6.07, 6.45) is -3.71. The molecule has 1 N–H and O–H groups in total. The van der Waals surface area contributed by atoms with Crippen LogP contribution in [0.15, 0.2) is 24.3 Å². The third-order valence-electron chi connectivity index (χ3n) is 4.45. The lowest BCUT2D eigenvalue weighted by Crippen LogP contribution is -2.30. The van der Waals surface area contributed by atoms with Crippen molar-refractivity contribution in [3.63, 3.8) is 0 Å². The molecule has 2 heterocycles. The van der Waals surface area contributed by atoms with Crippen molar-refractivity contribution < 1.29 is 18.0 Å². The number of halogens is 3. The number of H-pyrrole nitrogens is 1. The zero-order valence-corrected chi connectivity index (χ0v) is 14.3. The summed E-state index contributed by atoms with van der Waals surface area (Å²) in [5, 5.41) is 7.03. The topological polar surface area (TPSA) is 49.0 Å². The van der Waals surface area contributed by atoms with Gasteiger partial charge in [-0.05, 0) is 30.0 Å². The van der Waals surface area contributed by atoms with Gasteiger partial charge in [0.15, 0.2) is 5.69 Å². The quantitative estimate of drug-likeness (QED) is 0.881. The number of aromatic amines is 1. The summed E-state index contributed by atoms with van der Waals surface area (Å²) in [6.45, 7) is 6.32. The first-order valence-corrected chi connectivity index (χ1v) is 8.32. The first-order valence-electron chi connectivity index (χ1n) is 8.32. The van der Waals surface area contributed by atoms with Gasteiger partial charge in [-0.25, -0.2) is 0 Å².